The number of halogens is 8. The van der Waals surface area contributed by atoms with Crippen molar-refractivity contribution >= 4 is 28.1 Å². The number of nitrogens with zero attached hydrogens (tertiary/aromatic N) is 1. The van der Waals surface area contributed by atoms with E-state index in [1.807, 2.05) is 0 Å². The lowest BCUT2D eigenvalue weighted by Crippen LogP contribution is -2.58. The van der Waals surface area contributed by atoms with Crippen LogP contribution in [0.5, 0.6) is 11.5 Å². The third kappa shape index (κ3) is 6.06. The van der Waals surface area contributed by atoms with Crippen molar-refractivity contribution in [1.82, 2.24) is 5.43 Å². The molecule has 2 rings (SSSR count). The van der Waals surface area contributed by atoms with Crippen molar-refractivity contribution in [2.75, 3.05) is 7.11 Å². The Morgan fingerprint density at radius 1 is 1.09 bits per heavy atom. The van der Waals surface area contributed by atoms with Gasteiger partial charge < -0.3 is 14.6 Å². The number of hydrogen-bond acceptors (Lipinski definition) is 5. The van der Waals surface area contributed by atoms with Crippen LogP contribution in [0, 0.1) is 0 Å². The lowest BCUT2D eigenvalue weighted by Gasteiger charge is -2.27. The van der Waals surface area contributed by atoms with E-state index in [4.69, 9.17) is 14.6 Å². The van der Waals surface area contributed by atoms with Crippen LogP contribution in [-0.4, -0.2) is 42.5 Å². The molecular formula is C19H14BrF7N2O4. The van der Waals surface area contributed by atoms with E-state index in [2.05, 4.69) is 21.0 Å². The van der Waals surface area contributed by atoms with Gasteiger partial charge in [0, 0.05) is 10.0 Å². The predicted octanol–water partition coefficient (Wildman–Crippen LogP) is 5.45. The summed E-state index contributed by atoms with van der Waals surface area (Å²) in [6.45, 7) is -0.00353. The first-order valence-electron chi connectivity index (χ1n) is 8.64. The maximum Gasteiger partial charge on any atom is 0.462 e. The molecule has 33 heavy (non-hydrogen) atoms. The van der Waals surface area contributed by atoms with E-state index in [1.54, 1.807) is 0 Å². The van der Waals surface area contributed by atoms with E-state index in [0.717, 1.165) is 0 Å². The van der Waals surface area contributed by atoms with Crippen LogP contribution in [0.3, 0.4) is 0 Å². The summed E-state index contributed by atoms with van der Waals surface area (Å²) in [5.41, 5.74) is 1.20. The minimum atomic E-state index is -6.49. The largest absolute Gasteiger partial charge is 0.493 e. The van der Waals surface area contributed by atoms with Crippen molar-refractivity contribution in [2.45, 2.75) is 24.8 Å². The molecule has 0 aromatic heterocycles. The van der Waals surface area contributed by atoms with Crippen LogP contribution >= 0.6 is 15.9 Å². The average molecular weight is 547 g/mol. The number of carbonyl (C=O) groups is 1. The molecule has 0 aliphatic rings. The minimum Gasteiger partial charge on any atom is -0.493 e. The normalized spacial score (nSPS) is 12.6. The molecule has 2 N–H and O–H groups in total. The van der Waals surface area contributed by atoms with Gasteiger partial charge in [-0.1, -0.05) is 12.1 Å². The van der Waals surface area contributed by atoms with Gasteiger partial charge >= 0.3 is 24.1 Å². The number of carboxylic acid groups (broad SMARTS) is 1. The second-order valence-corrected chi connectivity index (χ2v) is 7.19. The molecule has 0 aliphatic heterocycles. The fourth-order valence-electron chi connectivity index (χ4n) is 2.26. The number of hydrazone groups is 1. The quantitative estimate of drug-likeness (QED) is 0.189. The van der Waals surface area contributed by atoms with Crippen LogP contribution in [0.4, 0.5) is 30.7 Å². The van der Waals surface area contributed by atoms with Gasteiger partial charge in [0.2, 0.25) is 0 Å². The van der Waals surface area contributed by atoms with E-state index in [9.17, 15) is 35.5 Å². The van der Waals surface area contributed by atoms with Crippen molar-refractivity contribution in [2.24, 2.45) is 5.10 Å². The lowest BCUT2D eigenvalue weighted by atomic mass is 10.1. The summed E-state index contributed by atoms with van der Waals surface area (Å²) < 4.78 is 99.6. The number of alkyl halides is 7. The number of nitrogens with one attached hydrogen (secondary N) is 1. The van der Waals surface area contributed by atoms with Crippen LogP contribution < -0.4 is 14.9 Å². The predicted molar refractivity (Wildman–Crippen MR) is 105 cm³/mol. The Morgan fingerprint density at radius 3 is 2.21 bits per heavy atom. The van der Waals surface area contributed by atoms with Crippen molar-refractivity contribution in [1.29, 1.82) is 0 Å². The first-order chi connectivity index (χ1) is 15.2. The molecule has 6 nitrogen and oxygen atoms in total. The van der Waals surface area contributed by atoms with Gasteiger partial charge in [0.15, 0.2) is 11.5 Å². The molecule has 0 aliphatic carbocycles. The Balaban J connectivity index is 2.15. The fourth-order valence-corrected chi connectivity index (χ4v) is 2.68. The third-order valence-corrected chi connectivity index (χ3v) is 4.72. The molecule has 2 aromatic carbocycles. The first-order valence-corrected chi connectivity index (χ1v) is 9.44. The highest BCUT2D eigenvalue weighted by Gasteiger charge is 2.73. The van der Waals surface area contributed by atoms with Gasteiger partial charge in [-0.05, 0) is 45.8 Å². The van der Waals surface area contributed by atoms with Gasteiger partial charge in [-0.15, -0.1) is 0 Å². The highest BCUT2D eigenvalue weighted by Crippen LogP contribution is 2.45. The number of rotatable bonds is 9. The summed E-state index contributed by atoms with van der Waals surface area (Å²) in [6.07, 6.45) is -5.91. The average Bonchev–Trinajstić information content (AvgIpc) is 2.72. The molecule has 0 fully saturated rings. The molecule has 0 heterocycles. The summed E-state index contributed by atoms with van der Waals surface area (Å²) in [5.74, 6) is -7.23. The van der Waals surface area contributed by atoms with E-state index < -0.39 is 24.1 Å². The maximum atomic E-state index is 13.3. The Labute approximate surface area is 190 Å². The Hall–Kier alpha value is -3.03. The second kappa shape index (κ2) is 9.85. The monoisotopic (exact) mass is 546 g/mol. The van der Waals surface area contributed by atoms with Gasteiger partial charge in [-0.2, -0.15) is 35.8 Å². The Bertz CT molecular complexity index is 1030. The molecule has 0 amide bonds. The third-order valence-electron chi connectivity index (χ3n) is 4.04. The second-order valence-electron chi connectivity index (χ2n) is 6.33. The van der Waals surface area contributed by atoms with E-state index in [-0.39, 0.29) is 33.7 Å². The van der Waals surface area contributed by atoms with Crippen LogP contribution in [0.25, 0.3) is 0 Å². The Kier molecular flexibility index (Phi) is 7.83. The first kappa shape index (κ1) is 26.2. The number of benzene rings is 2. The smallest absolute Gasteiger partial charge is 0.462 e. The molecule has 180 valence electrons. The van der Waals surface area contributed by atoms with Crippen molar-refractivity contribution < 1.29 is 50.1 Å². The molecular weight excluding hydrogens is 533 g/mol. The molecule has 0 bridgehead atoms. The molecule has 2 aromatic rings. The van der Waals surface area contributed by atoms with Crippen LogP contribution in [0.15, 0.2) is 46.0 Å². The van der Waals surface area contributed by atoms with Crippen LogP contribution in [-0.2, 0) is 6.61 Å². The SMILES string of the molecule is COc1cc(/C=N/NC(F)(F)C(F)(F)C(F)(F)F)c(Br)cc1OCc1ccc(C(=O)O)cc1. The summed E-state index contributed by atoms with van der Waals surface area (Å²) >= 11 is 3.08. The molecule has 0 saturated carbocycles. The van der Waals surface area contributed by atoms with Crippen LogP contribution in [0.1, 0.15) is 21.5 Å². The van der Waals surface area contributed by atoms with E-state index in [1.165, 1.54) is 43.5 Å². The van der Waals surface area contributed by atoms with Gasteiger partial charge in [-0.25, -0.2) is 10.2 Å². The summed E-state index contributed by atoms with van der Waals surface area (Å²) in [6, 6.07) is 2.63. The summed E-state index contributed by atoms with van der Waals surface area (Å²) in [4.78, 5) is 10.9. The zero-order valence-electron chi connectivity index (χ0n) is 16.4. The highest BCUT2D eigenvalue weighted by molar-refractivity contribution is 9.10. The molecule has 0 spiro atoms. The fraction of sp³-hybridized carbons (Fsp3) is 0.263. The van der Waals surface area contributed by atoms with E-state index in [0.29, 0.717) is 17.2 Å². The minimum absolute atomic E-state index is 0.00353. The maximum absolute atomic E-state index is 13.3. The summed E-state index contributed by atoms with van der Waals surface area (Å²) in [7, 11) is 1.24. The zero-order chi connectivity index (χ0) is 25.0. The number of hydrogen-bond donors (Lipinski definition) is 2. The lowest BCUT2D eigenvalue weighted by molar-refractivity contribution is -0.361. The molecule has 0 radical (unpaired) electrons. The number of ether oxygens (including phenoxy) is 2. The Morgan fingerprint density at radius 2 is 1.70 bits per heavy atom. The number of aromatic carboxylic acids is 1. The molecule has 0 unspecified atom stereocenters. The highest BCUT2D eigenvalue weighted by atomic mass is 79.9. The van der Waals surface area contributed by atoms with Crippen molar-refractivity contribution in [3.63, 3.8) is 0 Å². The standard InChI is InChI=1S/C19H14BrF7N2O4/c1-32-14-6-12(8-28-29-19(26,27)17(21,22)18(23,24)25)13(20)7-15(14)33-9-10-2-4-11(5-3-10)16(30)31/h2-8,29H,9H2,1H3,(H,30,31)/b28-8+. The number of methoxy groups -OCH3 is 1. The summed E-state index contributed by atoms with van der Waals surface area (Å²) in [5, 5.41) is 11.7. The number of carboxylic acids is 1. The van der Waals surface area contributed by atoms with Gasteiger partial charge in [0.25, 0.3) is 0 Å². The van der Waals surface area contributed by atoms with Crippen molar-refractivity contribution in [3.8, 4) is 11.5 Å². The molecule has 0 atom stereocenters. The van der Waals surface area contributed by atoms with Crippen LogP contribution in [0.2, 0.25) is 0 Å². The molecule has 0 saturated heterocycles. The van der Waals surface area contributed by atoms with E-state index >= 15 is 0 Å². The van der Waals surface area contributed by atoms with Gasteiger partial charge in [-0.3, -0.25) is 0 Å². The van der Waals surface area contributed by atoms with Crippen molar-refractivity contribution in [3.05, 3.63) is 57.6 Å². The zero-order valence-corrected chi connectivity index (χ0v) is 18.0. The molecule has 14 heteroatoms. The van der Waals surface area contributed by atoms with Gasteiger partial charge in [0.1, 0.15) is 6.61 Å². The van der Waals surface area contributed by atoms with Gasteiger partial charge in [0.05, 0.1) is 18.9 Å². The topological polar surface area (TPSA) is 80.1 Å².